The molecule has 1 aromatic heterocycles. The van der Waals surface area contributed by atoms with Crippen LogP contribution in [0.1, 0.15) is 49.8 Å². The number of aryl methyl sites for hydroxylation is 1. The van der Waals surface area contributed by atoms with Crippen LogP contribution in [0.2, 0.25) is 0 Å². The van der Waals surface area contributed by atoms with Gasteiger partial charge in [-0.2, -0.15) is 0 Å². The zero-order valence-electron chi connectivity index (χ0n) is 25.5. The minimum absolute atomic E-state index is 0. The maximum Gasteiger partial charge on any atom is 2.00 e. The first kappa shape index (κ1) is 38.4. The van der Waals surface area contributed by atoms with E-state index in [0.29, 0.717) is 38.6 Å². The molecule has 0 aliphatic carbocycles. The van der Waals surface area contributed by atoms with Crippen LogP contribution in [0.15, 0.2) is 42.9 Å². The molecule has 3 amide bonds. The number of imidazole rings is 1. The molecule has 2 heterocycles. The number of hydrogen-bond donors (Lipinski definition) is 6. The van der Waals surface area contributed by atoms with E-state index in [9.17, 15) is 34.2 Å². The largest absolute Gasteiger partial charge is 2.00 e. The summed E-state index contributed by atoms with van der Waals surface area (Å²) in [5, 5.41) is 35.1. The summed E-state index contributed by atoms with van der Waals surface area (Å²) in [5.74, 6) is -4.03. The maximum atomic E-state index is 13.5. The molecule has 0 saturated carbocycles. The molecule has 1 aromatic carbocycles. The fraction of sp³-hybridized carbons (Fsp3) is 0.533. The number of hydrogen-bond acceptors (Lipinski definition) is 11. The average molecular weight is 690 g/mol. The monoisotopic (exact) mass is 689 g/mol. The summed E-state index contributed by atoms with van der Waals surface area (Å²) in [5.41, 5.74) is 6.97. The second kappa shape index (κ2) is 20.3. The standard InChI is InChI=1S/C30H44N8O7.Cu/c31-16-26(39)34-18-27(40)37-25(15-21-17-32-19-35-21)33-13-5-4-9-22(28(41)38-14-6-10-24(38)30(44)45)36-23(29(42)43)12-11-20-7-2-1-3-8-20;/h1-3,7-8,17,19,22-25,33,36H,4-6,9-16,18,31H2,(H,32,35)(H,34,39)(H,37,40)(H,42,43)(H,44,45);/q;+2/p-2/t22-,23-,24-,25?;/m0./s1. The van der Waals surface area contributed by atoms with Gasteiger partial charge in [-0.05, 0) is 50.6 Å². The van der Waals surface area contributed by atoms with Crippen LogP contribution in [0.4, 0.5) is 0 Å². The van der Waals surface area contributed by atoms with E-state index in [4.69, 9.17) is 5.73 Å². The number of unbranched alkanes of at least 4 members (excludes halogenated alkanes) is 1. The van der Waals surface area contributed by atoms with Gasteiger partial charge in [0.15, 0.2) is 0 Å². The SMILES string of the molecule is NCC(=O)NCC(=O)NC(Cc1cnc[nH]1)NCCCC[C@H](N[C@@H](CCc1ccccc1)C(=O)[O-])C(=O)N1CCC[C@H]1C(=O)[O-].[Cu+2]. The molecule has 0 bridgehead atoms. The number of carbonyl (C=O) groups excluding carboxylic acids is 5. The molecular formula is C30H42CuN8O7. The van der Waals surface area contributed by atoms with Crippen molar-refractivity contribution in [1.29, 1.82) is 0 Å². The van der Waals surface area contributed by atoms with Crippen LogP contribution in [0, 0.1) is 0 Å². The predicted molar refractivity (Wildman–Crippen MR) is 158 cm³/mol. The number of aliphatic carboxylic acids is 2. The van der Waals surface area contributed by atoms with Crippen LogP contribution in [0.25, 0.3) is 0 Å². The molecule has 1 radical (unpaired) electrons. The summed E-state index contributed by atoms with van der Waals surface area (Å²) in [6.45, 7) is 0.208. The van der Waals surface area contributed by atoms with Gasteiger partial charge in [-0.1, -0.05) is 36.8 Å². The van der Waals surface area contributed by atoms with Crippen molar-refractivity contribution in [3.8, 4) is 0 Å². The van der Waals surface area contributed by atoms with Gasteiger partial charge < -0.3 is 46.1 Å². The minimum atomic E-state index is -1.34. The number of benzene rings is 1. The Morgan fingerprint density at radius 1 is 1.04 bits per heavy atom. The molecule has 1 fully saturated rings. The third-order valence-corrected chi connectivity index (χ3v) is 7.61. The van der Waals surface area contributed by atoms with Gasteiger partial charge in [0.25, 0.3) is 0 Å². The number of nitrogens with zero attached hydrogens (tertiary/aromatic N) is 2. The molecule has 1 unspecified atom stereocenters. The molecule has 7 N–H and O–H groups in total. The number of rotatable bonds is 20. The molecule has 2 aromatic rings. The molecule has 46 heavy (non-hydrogen) atoms. The molecule has 3 rings (SSSR count). The van der Waals surface area contributed by atoms with Crippen molar-refractivity contribution in [1.82, 2.24) is 36.1 Å². The first-order valence-electron chi connectivity index (χ1n) is 15.2. The van der Waals surface area contributed by atoms with Crippen LogP contribution >= 0.6 is 0 Å². The summed E-state index contributed by atoms with van der Waals surface area (Å²) >= 11 is 0. The van der Waals surface area contributed by atoms with Crippen LogP contribution in [-0.4, -0.2) is 95.0 Å². The molecule has 4 atom stereocenters. The number of carboxylic acid groups (broad SMARTS) is 2. The number of nitrogens with two attached hydrogens (primary N) is 1. The number of carboxylic acids is 2. The predicted octanol–water partition coefficient (Wildman–Crippen LogP) is -3.32. The van der Waals surface area contributed by atoms with Gasteiger partial charge in [-0.25, -0.2) is 4.98 Å². The smallest absolute Gasteiger partial charge is 0.548 e. The van der Waals surface area contributed by atoms with Crippen molar-refractivity contribution < 1.29 is 51.3 Å². The number of aromatic nitrogens is 2. The third kappa shape index (κ3) is 12.9. The van der Waals surface area contributed by atoms with Gasteiger partial charge in [0.1, 0.15) is 0 Å². The number of nitrogens with one attached hydrogen (secondary N) is 5. The first-order chi connectivity index (χ1) is 21.7. The molecule has 1 saturated heterocycles. The van der Waals surface area contributed by atoms with Gasteiger partial charge in [0, 0.05) is 30.9 Å². The van der Waals surface area contributed by atoms with E-state index in [1.807, 2.05) is 30.3 Å². The fourth-order valence-electron chi connectivity index (χ4n) is 5.26. The zero-order valence-corrected chi connectivity index (χ0v) is 26.4. The molecule has 1 aliphatic heterocycles. The Balaban J connectivity index is 0.00000736. The van der Waals surface area contributed by atoms with Gasteiger partial charge in [0.05, 0.1) is 49.6 Å². The Bertz CT molecular complexity index is 1250. The van der Waals surface area contributed by atoms with E-state index >= 15 is 0 Å². The molecule has 255 valence electrons. The van der Waals surface area contributed by atoms with Crippen LogP contribution < -0.4 is 37.2 Å². The second-order valence-corrected chi connectivity index (χ2v) is 11.0. The molecule has 15 nitrogen and oxygen atoms in total. The third-order valence-electron chi connectivity index (χ3n) is 7.61. The topological polar surface area (TPSA) is 238 Å². The average Bonchev–Trinajstić information content (AvgIpc) is 3.73. The van der Waals surface area contributed by atoms with Crippen molar-refractivity contribution in [3.63, 3.8) is 0 Å². The Morgan fingerprint density at radius 3 is 2.46 bits per heavy atom. The fourth-order valence-corrected chi connectivity index (χ4v) is 5.26. The van der Waals surface area contributed by atoms with E-state index in [-0.39, 0.29) is 56.0 Å². The molecule has 16 heteroatoms. The molecular weight excluding hydrogens is 648 g/mol. The second-order valence-electron chi connectivity index (χ2n) is 11.0. The van der Waals surface area contributed by atoms with Crippen LogP contribution in [-0.2, 0) is 53.9 Å². The Hall–Kier alpha value is -3.82. The number of amides is 3. The van der Waals surface area contributed by atoms with Crippen molar-refractivity contribution >= 4 is 29.7 Å². The molecule has 1 aliphatic rings. The first-order valence-corrected chi connectivity index (χ1v) is 15.2. The number of aromatic amines is 1. The summed E-state index contributed by atoms with van der Waals surface area (Å²) in [6, 6.07) is 6.21. The van der Waals surface area contributed by atoms with E-state index in [0.717, 1.165) is 11.3 Å². The maximum absolute atomic E-state index is 13.5. The zero-order chi connectivity index (χ0) is 32.6. The molecule has 0 spiro atoms. The quantitative estimate of drug-likeness (QED) is 0.0457. The number of H-pyrrole nitrogens is 1. The Morgan fingerprint density at radius 2 is 1.80 bits per heavy atom. The minimum Gasteiger partial charge on any atom is -0.548 e. The van der Waals surface area contributed by atoms with E-state index in [1.54, 1.807) is 6.20 Å². The summed E-state index contributed by atoms with van der Waals surface area (Å²) in [7, 11) is 0. The van der Waals surface area contributed by atoms with Crippen molar-refractivity contribution in [3.05, 3.63) is 54.1 Å². The van der Waals surface area contributed by atoms with Gasteiger partial charge in [-0.3, -0.25) is 25.0 Å². The van der Waals surface area contributed by atoms with E-state index in [1.165, 1.54) is 11.2 Å². The Kier molecular flexibility index (Phi) is 17.0. The Labute approximate surface area is 278 Å². The van der Waals surface area contributed by atoms with Crippen molar-refractivity contribution in [2.75, 3.05) is 26.2 Å². The number of carbonyl (C=O) groups is 5. The van der Waals surface area contributed by atoms with Gasteiger partial charge in [0.2, 0.25) is 17.7 Å². The van der Waals surface area contributed by atoms with Gasteiger partial charge in [-0.15, -0.1) is 0 Å². The number of likely N-dealkylation sites (tertiary alicyclic amines) is 1. The van der Waals surface area contributed by atoms with Crippen molar-refractivity contribution in [2.24, 2.45) is 5.73 Å². The van der Waals surface area contributed by atoms with E-state index < -0.39 is 54.0 Å². The summed E-state index contributed by atoms with van der Waals surface area (Å²) in [4.78, 5) is 69.3. The van der Waals surface area contributed by atoms with Crippen LogP contribution in [0.3, 0.4) is 0 Å². The van der Waals surface area contributed by atoms with Crippen molar-refractivity contribution in [2.45, 2.75) is 75.7 Å². The summed E-state index contributed by atoms with van der Waals surface area (Å²) < 4.78 is 0. The summed E-state index contributed by atoms with van der Waals surface area (Å²) in [6.07, 6.45) is 5.72. The normalized spacial score (nSPS) is 16.1. The van der Waals surface area contributed by atoms with Gasteiger partial charge >= 0.3 is 17.1 Å². The van der Waals surface area contributed by atoms with E-state index in [2.05, 4.69) is 31.2 Å². The van der Waals surface area contributed by atoms with Crippen LogP contribution in [0.5, 0.6) is 0 Å².